The third kappa shape index (κ3) is 2.64. The summed E-state index contributed by atoms with van der Waals surface area (Å²) in [4.78, 5) is 43.3. The van der Waals surface area contributed by atoms with Gasteiger partial charge in [0.25, 0.3) is 0 Å². The molecule has 4 atom stereocenters. The van der Waals surface area contributed by atoms with Gasteiger partial charge in [0.2, 0.25) is 17.7 Å². The van der Waals surface area contributed by atoms with Crippen LogP contribution in [0, 0.1) is 23.7 Å². The SMILES string of the molecule is O=C(Cc1ccc(N2C(=O)C3C4C=CC(C4)C3C2=O)cc1)Nc1ccccn1. The van der Waals surface area contributed by atoms with E-state index in [0.29, 0.717) is 11.5 Å². The molecule has 0 spiro atoms. The van der Waals surface area contributed by atoms with E-state index in [1.54, 1.807) is 48.7 Å². The van der Waals surface area contributed by atoms with Crippen LogP contribution in [0.2, 0.25) is 0 Å². The van der Waals surface area contributed by atoms with Gasteiger partial charge >= 0.3 is 0 Å². The first-order valence-corrected chi connectivity index (χ1v) is 9.48. The average molecular weight is 373 g/mol. The maximum Gasteiger partial charge on any atom is 0.238 e. The third-order valence-corrected chi connectivity index (χ3v) is 5.96. The topological polar surface area (TPSA) is 79.4 Å². The Morgan fingerprint density at radius 3 is 2.29 bits per heavy atom. The van der Waals surface area contributed by atoms with Crippen LogP contribution in [-0.4, -0.2) is 22.7 Å². The first-order chi connectivity index (χ1) is 13.6. The summed E-state index contributed by atoms with van der Waals surface area (Å²) in [7, 11) is 0. The normalized spacial score (nSPS) is 27.4. The van der Waals surface area contributed by atoms with Gasteiger partial charge in [-0.3, -0.25) is 19.3 Å². The van der Waals surface area contributed by atoms with Gasteiger partial charge in [0.05, 0.1) is 23.9 Å². The van der Waals surface area contributed by atoms with Crippen LogP contribution in [0.15, 0.2) is 60.8 Å². The van der Waals surface area contributed by atoms with Gasteiger partial charge in [-0.2, -0.15) is 0 Å². The fraction of sp³-hybridized carbons (Fsp3) is 0.273. The fourth-order valence-corrected chi connectivity index (χ4v) is 4.73. The smallest absolute Gasteiger partial charge is 0.238 e. The quantitative estimate of drug-likeness (QED) is 0.660. The Labute approximate surface area is 162 Å². The molecule has 2 bridgehead atoms. The van der Waals surface area contributed by atoms with Gasteiger partial charge < -0.3 is 5.32 Å². The molecule has 3 aliphatic rings. The number of anilines is 2. The number of rotatable bonds is 4. The highest BCUT2D eigenvalue weighted by atomic mass is 16.2. The monoisotopic (exact) mass is 373 g/mol. The van der Waals surface area contributed by atoms with Crippen LogP contribution in [-0.2, 0) is 20.8 Å². The van der Waals surface area contributed by atoms with E-state index < -0.39 is 0 Å². The molecule has 4 unspecified atom stereocenters. The second-order valence-electron chi connectivity index (χ2n) is 7.62. The molecular formula is C22H19N3O3. The molecule has 2 heterocycles. The molecule has 6 nitrogen and oxygen atoms in total. The van der Waals surface area contributed by atoms with Crippen molar-refractivity contribution in [1.82, 2.24) is 4.98 Å². The molecule has 6 heteroatoms. The fourth-order valence-electron chi connectivity index (χ4n) is 4.73. The van der Waals surface area contributed by atoms with Crippen molar-refractivity contribution in [3.63, 3.8) is 0 Å². The van der Waals surface area contributed by atoms with Crippen molar-refractivity contribution in [2.45, 2.75) is 12.8 Å². The zero-order valence-corrected chi connectivity index (χ0v) is 15.1. The first-order valence-electron chi connectivity index (χ1n) is 9.48. The van der Waals surface area contributed by atoms with Gasteiger partial charge in [0.15, 0.2) is 0 Å². The van der Waals surface area contributed by atoms with Gasteiger partial charge in [0.1, 0.15) is 5.82 Å². The summed E-state index contributed by atoms with van der Waals surface area (Å²) in [6.45, 7) is 0. The molecule has 3 amide bonds. The number of allylic oxidation sites excluding steroid dienone is 2. The second kappa shape index (κ2) is 6.41. The Hall–Kier alpha value is -3.28. The molecule has 0 radical (unpaired) electrons. The lowest BCUT2D eigenvalue weighted by Crippen LogP contribution is -2.32. The van der Waals surface area contributed by atoms with Crippen LogP contribution in [0.4, 0.5) is 11.5 Å². The summed E-state index contributed by atoms with van der Waals surface area (Å²) in [5, 5.41) is 2.74. The standard InChI is InChI=1S/C22H19N3O3/c26-18(24-17-3-1-2-10-23-17)11-13-4-8-16(9-5-13)25-21(27)19-14-6-7-15(12-14)20(19)22(25)28/h1-10,14-15,19-20H,11-12H2,(H,23,24,26). The minimum Gasteiger partial charge on any atom is -0.310 e. The highest BCUT2D eigenvalue weighted by Gasteiger charge is 2.59. The van der Waals surface area contributed by atoms with Crippen molar-refractivity contribution in [1.29, 1.82) is 0 Å². The van der Waals surface area contributed by atoms with Crippen molar-refractivity contribution < 1.29 is 14.4 Å². The van der Waals surface area contributed by atoms with Crippen LogP contribution in [0.3, 0.4) is 0 Å². The van der Waals surface area contributed by atoms with Crippen LogP contribution in [0.1, 0.15) is 12.0 Å². The first kappa shape index (κ1) is 16.9. The summed E-state index contributed by atoms with van der Waals surface area (Å²) in [5.74, 6) is 0.152. The van der Waals surface area contributed by atoms with Gasteiger partial charge in [-0.25, -0.2) is 4.98 Å². The average Bonchev–Trinajstić information content (AvgIpc) is 3.37. The highest BCUT2D eigenvalue weighted by Crippen LogP contribution is 2.53. The van der Waals surface area contributed by atoms with E-state index in [1.807, 2.05) is 0 Å². The zero-order valence-electron chi connectivity index (χ0n) is 15.1. The molecule has 1 aromatic carbocycles. The maximum absolute atomic E-state index is 12.9. The number of hydrogen-bond donors (Lipinski definition) is 1. The summed E-state index contributed by atoms with van der Waals surface area (Å²) >= 11 is 0. The molecule has 2 aromatic rings. The van der Waals surface area contributed by atoms with Crippen LogP contribution in [0.25, 0.3) is 0 Å². The number of pyridine rings is 1. The van der Waals surface area contributed by atoms with Crippen LogP contribution >= 0.6 is 0 Å². The number of fused-ring (bicyclic) bond motifs is 5. The lowest BCUT2D eigenvalue weighted by molar-refractivity contribution is -0.123. The zero-order chi connectivity index (χ0) is 19.3. The number of carbonyl (C=O) groups excluding carboxylic acids is 3. The van der Waals surface area contributed by atoms with Crippen molar-refractivity contribution in [2.24, 2.45) is 23.7 Å². The van der Waals surface area contributed by atoms with E-state index in [0.717, 1.165) is 12.0 Å². The molecule has 140 valence electrons. The maximum atomic E-state index is 12.9. The summed E-state index contributed by atoms with van der Waals surface area (Å²) in [6.07, 6.45) is 6.90. The minimum atomic E-state index is -0.202. The molecule has 1 saturated heterocycles. The van der Waals surface area contributed by atoms with E-state index in [9.17, 15) is 14.4 Å². The van der Waals surface area contributed by atoms with Crippen LogP contribution < -0.4 is 10.2 Å². The van der Waals surface area contributed by atoms with Gasteiger partial charge in [-0.15, -0.1) is 0 Å². The Kier molecular flexibility index (Phi) is 3.86. The van der Waals surface area contributed by atoms with Gasteiger partial charge in [-0.05, 0) is 48.1 Å². The number of imide groups is 1. The number of carbonyl (C=O) groups is 3. The molecular weight excluding hydrogens is 354 g/mol. The predicted octanol–water partition coefficient (Wildman–Crippen LogP) is 2.57. The summed E-state index contributed by atoms with van der Waals surface area (Å²) < 4.78 is 0. The van der Waals surface area contributed by atoms with E-state index in [4.69, 9.17) is 0 Å². The van der Waals surface area contributed by atoms with Gasteiger partial charge in [0, 0.05) is 6.20 Å². The third-order valence-electron chi connectivity index (χ3n) is 5.96. The minimum absolute atomic E-state index is 0.0903. The van der Waals surface area contributed by atoms with E-state index in [-0.39, 0.29) is 47.8 Å². The molecule has 1 aromatic heterocycles. The number of aromatic nitrogens is 1. The lowest BCUT2D eigenvalue weighted by atomic mass is 9.85. The van der Waals surface area contributed by atoms with E-state index >= 15 is 0 Å². The van der Waals surface area contributed by atoms with Crippen LogP contribution in [0.5, 0.6) is 0 Å². The van der Waals surface area contributed by atoms with E-state index in [2.05, 4.69) is 22.5 Å². The van der Waals surface area contributed by atoms with Crippen molar-refractivity contribution in [3.05, 3.63) is 66.4 Å². The Bertz CT molecular complexity index is 954. The van der Waals surface area contributed by atoms with Crippen molar-refractivity contribution >= 4 is 29.2 Å². The molecule has 1 N–H and O–H groups in total. The van der Waals surface area contributed by atoms with Crippen molar-refractivity contribution in [3.8, 4) is 0 Å². The molecule has 2 fully saturated rings. The Morgan fingerprint density at radius 2 is 1.68 bits per heavy atom. The molecule has 28 heavy (non-hydrogen) atoms. The van der Waals surface area contributed by atoms with Gasteiger partial charge in [-0.1, -0.05) is 30.4 Å². The summed E-state index contributed by atoms with van der Waals surface area (Å²) in [6, 6.07) is 12.4. The number of hydrogen-bond acceptors (Lipinski definition) is 4. The summed E-state index contributed by atoms with van der Waals surface area (Å²) in [5.41, 5.74) is 1.39. The molecule has 2 aliphatic carbocycles. The second-order valence-corrected chi connectivity index (χ2v) is 7.62. The Morgan fingerprint density at radius 1 is 1.00 bits per heavy atom. The number of nitrogens with one attached hydrogen (secondary N) is 1. The Balaban J connectivity index is 1.29. The molecule has 1 saturated carbocycles. The number of benzene rings is 1. The largest absolute Gasteiger partial charge is 0.310 e. The molecule has 1 aliphatic heterocycles. The van der Waals surface area contributed by atoms with E-state index in [1.165, 1.54) is 4.90 Å². The molecule has 5 rings (SSSR count). The van der Waals surface area contributed by atoms with Crippen molar-refractivity contribution in [2.75, 3.05) is 10.2 Å². The lowest BCUT2D eigenvalue weighted by Gasteiger charge is -2.17. The number of nitrogens with zero attached hydrogens (tertiary/aromatic N) is 2. The number of amides is 3. The highest BCUT2D eigenvalue weighted by molar-refractivity contribution is 6.22. The predicted molar refractivity (Wildman–Crippen MR) is 103 cm³/mol.